The fourth-order valence-corrected chi connectivity index (χ4v) is 1.97. The topological polar surface area (TPSA) is 35.5 Å². The molecule has 2 rings (SSSR count). The summed E-state index contributed by atoms with van der Waals surface area (Å²) in [5.74, 6) is 1.44. The van der Waals surface area contributed by atoms with Crippen molar-refractivity contribution in [1.29, 1.82) is 0 Å². The molecule has 0 amide bonds. The van der Waals surface area contributed by atoms with Crippen LogP contribution in [0.5, 0.6) is 11.5 Å². The van der Waals surface area contributed by atoms with Gasteiger partial charge < -0.3 is 9.47 Å². The Morgan fingerprint density at radius 2 is 1.67 bits per heavy atom. The molecule has 0 aliphatic heterocycles. The highest BCUT2D eigenvalue weighted by molar-refractivity contribution is 5.98. The fraction of sp³-hybridized carbons (Fsp3) is 0.278. The van der Waals surface area contributed by atoms with E-state index >= 15 is 0 Å². The van der Waals surface area contributed by atoms with Gasteiger partial charge in [-0.25, -0.2) is 0 Å². The van der Waals surface area contributed by atoms with Gasteiger partial charge in [0.25, 0.3) is 0 Å². The minimum atomic E-state index is 0.0298. The van der Waals surface area contributed by atoms with E-state index in [1.807, 2.05) is 62.4 Å². The van der Waals surface area contributed by atoms with Crippen LogP contribution in [0, 0.1) is 0 Å². The maximum atomic E-state index is 12.3. The summed E-state index contributed by atoms with van der Waals surface area (Å²) in [5.41, 5.74) is 0.614. The molecule has 110 valence electrons. The number of hydrogen-bond donors (Lipinski definition) is 0. The van der Waals surface area contributed by atoms with E-state index in [0.29, 0.717) is 24.3 Å². The molecule has 0 aliphatic rings. The maximum absolute atomic E-state index is 12.3. The number of hydrogen-bond acceptors (Lipinski definition) is 3. The van der Waals surface area contributed by atoms with E-state index in [2.05, 4.69) is 0 Å². The summed E-state index contributed by atoms with van der Waals surface area (Å²) >= 11 is 0. The molecule has 3 nitrogen and oxygen atoms in total. The third-order valence-corrected chi connectivity index (χ3v) is 2.89. The molecule has 0 heterocycles. The van der Waals surface area contributed by atoms with Crippen molar-refractivity contribution in [2.45, 2.75) is 26.4 Å². The van der Waals surface area contributed by atoms with E-state index in [1.165, 1.54) is 0 Å². The molecule has 0 fully saturated rings. The molecular weight excluding hydrogens is 264 g/mol. The number of ether oxygens (including phenoxy) is 2. The highest BCUT2D eigenvalue weighted by Gasteiger charge is 2.13. The molecular formula is C18H20O3. The van der Waals surface area contributed by atoms with Crippen molar-refractivity contribution in [2.75, 3.05) is 6.61 Å². The molecule has 0 aliphatic carbocycles. The Labute approximate surface area is 125 Å². The van der Waals surface area contributed by atoms with Gasteiger partial charge in [0.05, 0.1) is 18.3 Å². The second-order valence-corrected chi connectivity index (χ2v) is 5.00. The van der Waals surface area contributed by atoms with Gasteiger partial charge >= 0.3 is 0 Å². The lowest BCUT2D eigenvalue weighted by atomic mass is 10.1. The Bertz CT molecular complexity index is 576. The van der Waals surface area contributed by atoms with Gasteiger partial charge in [0.1, 0.15) is 11.5 Å². The number of Topliss-reactive ketones (excluding diaryl/α,β-unsaturated/α-hetero) is 1. The molecule has 0 saturated carbocycles. The number of rotatable bonds is 7. The van der Waals surface area contributed by atoms with Gasteiger partial charge in [-0.3, -0.25) is 4.79 Å². The number of para-hydroxylation sites is 2. The molecule has 0 atom stereocenters. The van der Waals surface area contributed by atoms with Gasteiger partial charge in [-0.15, -0.1) is 0 Å². The molecule has 0 saturated heterocycles. The van der Waals surface area contributed by atoms with Crippen molar-refractivity contribution < 1.29 is 14.3 Å². The Balaban J connectivity index is 1.94. The van der Waals surface area contributed by atoms with Gasteiger partial charge in [-0.2, -0.15) is 0 Å². The summed E-state index contributed by atoms with van der Waals surface area (Å²) in [5, 5.41) is 0. The average molecular weight is 284 g/mol. The van der Waals surface area contributed by atoms with E-state index in [0.717, 1.165) is 5.75 Å². The maximum Gasteiger partial charge on any atom is 0.169 e. The second kappa shape index (κ2) is 7.48. The van der Waals surface area contributed by atoms with Gasteiger partial charge in [0.15, 0.2) is 5.78 Å². The summed E-state index contributed by atoms with van der Waals surface area (Å²) in [6.07, 6.45) is 0.368. The highest BCUT2D eigenvalue weighted by Crippen LogP contribution is 2.21. The predicted octanol–water partition coefficient (Wildman–Crippen LogP) is 4.13. The Morgan fingerprint density at radius 3 is 2.38 bits per heavy atom. The Kier molecular flexibility index (Phi) is 5.38. The first-order valence-corrected chi connectivity index (χ1v) is 7.13. The van der Waals surface area contributed by atoms with Crippen molar-refractivity contribution in [3.05, 3.63) is 60.2 Å². The molecule has 2 aromatic rings. The van der Waals surface area contributed by atoms with Crippen LogP contribution in [0.1, 0.15) is 30.6 Å². The van der Waals surface area contributed by atoms with Crippen LogP contribution in [0.2, 0.25) is 0 Å². The number of carbonyl (C=O) groups is 1. The van der Waals surface area contributed by atoms with Crippen molar-refractivity contribution in [3.63, 3.8) is 0 Å². The van der Waals surface area contributed by atoms with E-state index in [-0.39, 0.29) is 11.9 Å². The zero-order valence-corrected chi connectivity index (χ0v) is 12.4. The fourth-order valence-electron chi connectivity index (χ4n) is 1.97. The summed E-state index contributed by atoms with van der Waals surface area (Å²) in [6, 6.07) is 16.8. The normalized spacial score (nSPS) is 10.4. The third-order valence-electron chi connectivity index (χ3n) is 2.89. The third kappa shape index (κ3) is 4.63. The van der Waals surface area contributed by atoms with Gasteiger partial charge in [0.2, 0.25) is 0 Å². The molecule has 21 heavy (non-hydrogen) atoms. The first-order valence-electron chi connectivity index (χ1n) is 7.13. The molecule has 2 aromatic carbocycles. The SMILES string of the molecule is CC(C)Oc1ccccc1C(=O)CCOc1ccccc1. The van der Waals surface area contributed by atoms with E-state index in [4.69, 9.17) is 9.47 Å². The average Bonchev–Trinajstić information content (AvgIpc) is 2.48. The lowest BCUT2D eigenvalue weighted by Gasteiger charge is -2.13. The van der Waals surface area contributed by atoms with E-state index < -0.39 is 0 Å². The van der Waals surface area contributed by atoms with Crippen molar-refractivity contribution >= 4 is 5.78 Å². The van der Waals surface area contributed by atoms with Crippen molar-refractivity contribution in [2.24, 2.45) is 0 Å². The molecule has 3 heteroatoms. The first kappa shape index (κ1) is 15.1. The van der Waals surface area contributed by atoms with Crippen LogP contribution in [0.25, 0.3) is 0 Å². The van der Waals surface area contributed by atoms with Gasteiger partial charge in [-0.1, -0.05) is 30.3 Å². The molecule has 0 unspecified atom stereocenters. The quantitative estimate of drug-likeness (QED) is 0.717. The van der Waals surface area contributed by atoms with Gasteiger partial charge in [0, 0.05) is 6.42 Å². The van der Waals surface area contributed by atoms with Crippen LogP contribution in [-0.2, 0) is 0 Å². The lowest BCUT2D eigenvalue weighted by molar-refractivity contribution is 0.0956. The monoisotopic (exact) mass is 284 g/mol. The van der Waals surface area contributed by atoms with Crippen LogP contribution < -0.4 is 9.47 Å². The summed E-state index contributed by atoms with van der Waals surface area (Å²) in [4.78, 5) is 12.3. The van der Waals surface area contributed by atoms with Gasteiger partial charge in [-0.05, 0) is 38.1 Å². The summed E-state index contributed by atoms with van der Waals surface area (Å²) in [7, 11) is 0. The number of benzene rings is 2. The number of ketones is 1. The lowest BCUT2D eigenvalue weighted by Crippen LogP contribution is -2.12. The largest absolute Gasteiger partial charge is 0.493 e. The minimum absolute atomic E-state index is 0.0298. The highest BCUT2D eigenvalue weighted by atomic mass is 16.5. The molecule has 0 N–H and O–H groups in total. The molecule has 0 radical (unpaired) electrons. The molecule has 0 spiro atoms. The Morgan fingerprint density at radius 1 is 1.00 bits per heavy atom. The summed E-state index contributed by atoms with van der Waals surface area (Å²) < 4.78 is 11.2. The predicted molar refractivity (Wildman–Crippen MR) is 83.1 cm³/mol. The smallest absolute Gasteiger partial charge is 0.169 e. The van der Waals surface area contributed by atoms with Crippen LogP contribution in [0.15, 0.2) is 54.6 Å². The van der Waals surface area contributed by atoms with Crippen LogP contribution in [-0.4, -0.2) is 18.5 Å². The molecule has 0 bridgehead atoms. The zero-order chi connectivity index (χ0) is 15.1. The summed E-state index contributed by atoms with van der Waals surface area (Å²) in [6.45, 7) is 4.25. The second-order valence-electron chi connectivity index (χ2n) is 5.00. The van der Waals surface area contributed by atoms with E-state index in [9.17, 15) is 4.79 Å². The van der Waals surface area contributed by atoms with E-state index in [1.54, 1.807) is 6.07 Å². The van der Waals surface area contributed by atoms with Crippen molar-refractivity contribution in [3.8, 4) is 11.5 Å². The standard InChI is InChI=1S/C18H20O3/c1-14(2)21-18-11-7-6-10-16(18)17(19)12-13-20-15-8-4-3-5-9-15/h3-11,14H,12-13H2,1-2H3. The molecule has 0 aromatic heterocycles. The number of carbonyl (C=O) groups excluding carboxylic acids is 1. The zero-order valence-electron chi connectivity index (χ0n) is 12.4. The van der Waals surface area contributed by atoms with Crippen LogP contribution in [0.4, 0.5) is 0 Å². The van der Waals surface area contributed by atoms with Crippen LogP contribution in [0.3, 0.4) is 0 Å². The first-order chi connectivity index (χ1) is 10.2. The van der Waals surface area contributed by atoms with Crippen molar-refractivity contribution in [1.82, 2.24) is 0 Å². The Hall–Kier alpha value is -2.29. The minimum Gasteiger partial charge on any atom is -0.493 e. The van der Waals surface area contributed by atoms with Crippen LogP contribution >= 0.6 is 0 Å².